The van der Waals surface area contributed by atoms with Crippen LogP contribution < -0.4 is 14.8 Å². The fraction of sp³-hybridized carbons (Fsp3) is 0.462. The molecule has 0 saturated carbocycles. The quantitative estimate of drug-likeness (QED) is 0.906. The molecule has 0 spiro atoms. The first-order chi connectivity index (χ1) is 9.52. The topological polar surface area (TPSA) is 81.7 Å². The lowest BCUT2D eigenvalue weighted by Crippen LogP contribution is -2.17. The van der Waals surface area contributed by atoms with Crippen LogP contribution in [0.5, 0.6) is 11.5 Å². The Kier molecular flexibility index (Phi) is 3.29. The lowest BCUT2D eigenvalue weighted by Gasteiger charge is -2.09. The summed E-state index contributed by atoms with van der Waals surface area (Å²) in [5, 5.41) is 2.76. The van der Waals surface area contributed by atoms with Crippen LogP contribution in [0.3, 0.4) is 0 Å². The molecule has 2 aliphatic heterocycles. The van der Waals surface area contributed by atoms with E-state index in [1.54, 1.807) is 18.2 Å². The average molecular weight is 297 g/mol. The van der Waals surface area contributed by atoms with Gasteiger partial charge in [0.25, 0.3) is 0 Å². The lowest BCUT2D eigenvalue weighted by atomic mass is 10.1. The molecule has 2 aliphatic rings. The second-order valence-electron chi connectivity index (χ2n) is 5.09. The highest BCUT2D eigenvalue weighted by Gasteiger charge is 2.29. The van der Waals surface area contributed by atoms with Gasteiger partial charge in [-0.25, -0.2) is 8.42 Å². The first kappa shape index (κ1) is 13.2. The van der Waals surface area contributed by atoms with Crippen molar-refractivity contribution in [1.82, 2.24) is 0 Å². The SMILES string of the molecule is O=C(C[C@H]1CCS(=O)(=O)C1)Nc1ccc2c(c1)OCO2. The number of rotatable bonds is 3. The van der Waals surface area contributed by atoms with Gasteiger partial charge in [0.1, 0.15) is 0 Å². The normalized spacial score (nSPS) is 22.7. The number of carbonyl (C=O) groups excluding carboxylic acids is 1. The van der Waals surface area contributed by atoms with Gasteiger partial charge in [-0.1, -0.05) is 0 Å². The number of carbonyl (C=O) groups is 1. The van der Waals surface area contributed by atoms with Crippen LogP contribution in [0.4, 0.5) is 5.69 Å². The van der Waals surface area contributed by atoms with Gasteiger partial charge in [-0.05, 0) is 24.5 Å². The third-order valence-electron chi connectivity index (χ3n) is 3.46. The molecular formula is C13H15NO5S. The van der Waals surface area contributed by atoms with Gasteiger partial charge < -0.3 is 14.8 Å². The number of sulfone groups is 1. The molecule has 1 aromatic carbocycles. The zero-order valence-electron chi connectivity index (χ0n) is 10.8. The van der Waals surface area contributed by atoms with Crippen molar-refractivity contribution >= 4 is 21.4 Å². The second kappa shape index (κ2) is 4.97. The maximum Gasteiger partial charge on any atom is 0.231 e. The van der Waals surface area contributed by atoms with Gasteiger partial charge in [0.15, 0.2) is 21.3 Å². The van der Waals surface area contributed by atoms with E-state index in [1.165, 1.54) is 0 Å². The van der Waals surface area contributed by atoms with E-state index < -0.39 is 9.84 Å². The van der Waals surface area contributed by atoms with Gasteiger partial charge in [0.2, 0.25) is 12.7 Å². The highest BCUT2D eigenvalue weighted by Crippen LogP contribution is 2.34. The van der Waals surface area contributed by atoms with E-state index in [0.717, 1.165) is 0 Å². The maximum absolute atomic E-state index is 11.9. The molecule has 20 heavy (non-hydrogen) atoms. The molecule has 1 fully saturated rings. The summed E-state index contributed by atoms with van der Waals surface area (Å²) in [6.45, 7) is 0.187. The van der Waals surface area contributed by atoms with Gasteiger partial charge in [-0.15, -0.1) is 0 Å². The van der Waals surface area contributed by atoms with Gasteiger partial charge in [0.05, 0.1) is 11.5 Å². The van der Waals surface area contributed by atoms with Crippen molar-refractivity contribution in [2.24, 2.45) is 5.92 Å². The number of amides is 1. The van der Waals surface area contributed by atoms with Crippen molar-refractivity contribution in [3.8, 4) is 11.5 Å². The van der Waals surface area contributed by atoms with E-state index in [1.807, 2.05) is 0 Å². The predicted molar refractivity (Wildman–Crippen MR) is 72.6 cm³/mol. The summed E-state index contributed by atoms with van der Waals surface area (Å²) in [6, 6.07) is 5.17. The Morgan fingerprint density at radius 2 is 2.10 bits per heavy atom. The van der Waals surface area contributed by atoms with Crippen LogP contribution >= 0.6 is 0 Å². The Hall–Kier alpha value is -1.76. The van der Waals surface area contributed by atoms with Gasteiger partial charge in [0, 0.05) is 18.2 Å². The van der Waals surface area contributed by atoms with E-state index >= 15 is 0 Å². The minimum absolute atomic E-state index is 0.0750. The predicted octanol–water partition coefficient (Wildman–Crippen LogP) is 1.18. The van der Waals surface area contributed by atoms with Crippen LogP contribution in [0.2, 0.25) is 0 Å². The number of fused-ring (bicyclic) bond motifs is 1. The molecule has 0 aliphatic carbocycles. The zero-order valence-corrected chi connectivity index (χ0v) is 11.6. The second-order valence-corrected chi connectivity index (χ2v) is 7.32. The lowest BCUT2D eigenvalue weighted by molar-refractivity contribution is -0.116. The molecule has 6 nitrogen and oxygen atoms in total. The molecule has 3 rings (SSSR count). The van der Waals surface area contributed by atoms with Crippen molar-refractivity contribution in [2.75, 3.05) is 23.6 Å². The van der Waals surface area contributed by atoms with Crippen LogP contribution in [0.1, 0.15) is 12.8 Å². The van der Waals surface area contributed by atoms with Crippen molar-refractivity contribution in [3.05, 3.63) is 18.2 Å². The Morgan fingerprint density at radius 1 is 1.30 bits per heavy atom. The van der Waals surface area contributed by atoms with Crippen molar-refractivity contribution in [1.29, 1.82) is 0 Å². The third kappa shape index (κ3) is 2.87. The van der Waals surface area contributed by atoms with Crippen LogP contribution in [0.25, 0.3) is 0 Å². The molecular weight excluding hydrogens is 282 g/mol. The number of anilines is 1. The molecule has 0 unspecified atom stereocenters. The number of hydrogen-bond acceptors (Lipinski definition) is 5. The van der Waals surface area contributed by atoms with E-state index in [0.29, 0.717) is 23.6 Å². The fourth-order valence-electron chi connectivity index (χ4n) is 2.48. The van der Waals surface area contributed by atoms with Crippen molar-refractivity contribution < 1.29 is 22.7 Å². The fourth-order valence-corrected chi connectivity index (χ4v) is 4.34. The summed E-state index contributed by atoms with van der Waals surface area (Å²) < 4.78 is 33.1. The summed E-state index contributed by atoms with van der Waals surface area (Å²) in [7, 11) is -2.94. The molecule has 7 heteroatoms. The highest BCUT2D eigenvalue weighted by atomic mass is 32.2. The summed E-state index contributed by atoms with van der Waals surface area (Å²) in [6.07, 6.45) is 0.796. The number of hydrogen-bond donors (Lipinski definition) is 1. The van der Waals surface area contributed by atoms with Crippen molar-refractivity contribution in [3.63, 3.8) is 0 Å². The molecule has 2 heterocycles. The summed E-state index contributed by atoms with van der Waals surface area (Å²) in [4.78, 5) is 11.9. The smallest absolute Gasteiger partial charge is 0.231 e. The molecule has 1 atom stereocenters. The first-order valence-electron chi connectivity index (χ1n) is 6.42. The highest BCUT2D eigenvalue weighted by molar-refractivity contribution is 7.91. The molecule has 108 valence electrons. The minimum atomic E-state index is -2.94. The molecule has 1 amide bonds. The van der Waals surface area contributed by atoms with Gasteiger partial charge in [-0.2, -0.15) is 0 Å². The van der Waals surface area contributed by atoms with Gasteiger partial charge in [-0.3, -0.25) is 4.79 Å². The Morgan fingerprint density at radius 3 is 2.85 bits per heavy atom. The molecule has 1 saturated heterocycles. The Bertz CT molecular complexity index is 640. The minimum Gasteiger partial charge on any atom is -0.454 e. The van der Waals surface area contributed by atoms with Crippen LogP contribution in [0.15, 0.2) is 18.2 Å². The van der Waals surface area contributed by atoms with Crippen molar-refractivity contribution in [2.45, 2.75) is 12.8 Å². The molecule has 1 N–H and O–H groups in total. The number of ether oxygens (including phenoxy) is 2. The average Bonchev–Trinajstić information content (AvgIpc) is 2.95. The maximum atomic E-state index is 11.9. The van der Waals surface area contributed by atoms with E-state index in [9.17, 15) is 13.2 Å². The van der Waals surface area contributed by atoms with E-state index in [-0.39, 0.29) is 36.5 Å². The van der Waals surface area contributed by atoms with Crippen LogP contribution in [-0.4, -0.2) is 32.6 Å². The standard InChI is InChI=1S/C13H15NO5S/c15-13(5-9-3-4-20(16,17)7-9)14-10-1-2-11-12(6-10)19-8-18-11/h1-2,6,9H,3-5,7-8H2,(H,14,15)/t9-/m1/s1. The molecule has 0 radical (unpaired) electrons. The molecule has 0 bridgehead atoms. The van der Waals surface area contributed by atoms with E-state index in [4.69, 9.17) is 9.47 Å². The number of benzene rings is 1. The summed E-state index contributed by atoms with van der Waals surface area (Å²) >= 11 is 0. The van der Waals surface area contributed by atoms with Crippen LogP contribution in [0, 0.1) is 5.92 Å². The zero-order chi connectivity index (χ0) is 14.2. The summed E-state index contributed by atoms with van der Waals surface area (Å²) in [5.41, 5.74) is 0.625. The molecule has 1 aromatic rings. The number of nitrogens with one attached hydrogen (secondary N) is 1. The Labute approximate surface area is 117 Å². The van der Waals surface area contributed by atoms with E-state index in [2.05, 4.69) is 5.32 Å². The monoisotopic (exact) mass is 297 g/mol. The Balaban J connectivity index is 1.59. The third-order valence-corrected chi connectivity index (χ3v) is 5.29. The first-order valence-corrected chi connectivity index (χ1v) is 8.24. The molecule has 0 aromatic heterocycles. The van der Waals surface area contributed by atoms with Crippen LogP contribution in [-0.2, 0) is 14.6 Å². The largest absolute Gasteiger partial charge is 0.454 e. The van der Waals surface area contributed by atoms with Gasteiger partial charge >= 0.3 is 0 Å². The summed E-state index contributed by atoms with van der Waals surface area (Å²) in [5.74, 6) is 1.31.